The smallest absolute Gasteiger partial charge is 0.232 e. The van der Waals surface area contributed by atoms with E-state index in [0.29, 0.717) is 25.1 Å². The number of nitrogens with zero attached hydrogens (tertiary/aromatic N) is 1. The fraction of sp³-hybridized carbons (Fsp3) is 0.562. The average molecular weight is 324 g/mol. The van der Waals surface area contributed by atoms with E-state index < -0.39 is 10.0 Å². The molecule has 0 fully saturated rings. The second kappa shape index (κ2) is 5.91. The quantitative estimate of drug-likeness (QED) is 0.928. The van der Waals surface area contributed by atoms with Crippen molar-refractivity contribution in [3.63, 3.8) is 0 Å². The number of carbonyl (C=O) groups is 1. The molecular formula is C16H24N2O3S. The second-order valence-corrected chi connectivity index (χ2v) is 8.95. The fourth-order valence-electron chi connectivity index (χ4n) is 2.75. The van der Waals surface area contributed by atoms with Gasteiger partial charge in [0.25, 0.3) is 0 Å². The van der Waals surface area contributed by atoms with Gasteiger partial charge in [0, 0.05) is 13.0 Å². The Balaban J connectivity index is 2.24. The number of amides is 1. The molecule has 1 heterocycles. The third-order valence-electron chi connectivity index (χ3n) is 3.63. The molecule has 122 valence electrons. The molecule has 1 atom stereocenters. The van der Waals surface area contributed by atoms with E-state index in [1.165, 1.54) is 10.6 Å². The SMILES string of the molecule is CC(C)(C)CC(=O)NC1CCN(S(C)(=O)=O)c2ccccc21. The molecule has 0 saturated carbocycles. The summed E-state index contributed by atoms with van der Waals surface area (Å²) in [4.78, 5) is 12.2. The minimum Gasteiger partial charge on any atom is -0.349 e. The van der Waals surface area contributed by atoms with Crippen LogP contribution in [0.4, 0.5) is 5.69 Å². The van der Waals surface area contributed by atoms with Crippen LogP contribution in [-0.2, 0) is 14.8 Å². The van der Waals surface area contributed by atoms with Crippen molar-refractivity contribution in [2.45, 2.75) is 39.7 Å². The van der Waals surface area contributed by atoms with E-state index in [0.717, 1.165) is 5.56 Å². The maximum Gasteiger partial charge on any atom is 0.232 e. The lowest BCUT2D eigenvalue weighted by Crippen LogP contribution is -2.41. The van der Waals surface area contributed by atoms with Crippen molar-refractivity contribution in [2.75, 3.05) is 17.1 Å². The fourth-order valence-corrected chi connectivity index (χ4v) is 3.71. The Hall–Kier alpha value is -1.56. The van der Waals surface area contributed by atoms with Crippen LogP contribution in [0.15, 0.2) is 24.3 Å². The molecule has 1 aliphatic heterocycles. The lowest BCUT2D eigenvalue weighted by molar-refractivity contribution is -0.123. The van der Waals surface area contributed by atoms with E-state index in [-0.39, 0.29) is 17.4 Å². The lowest BCUT2D eigenvalue weighted by Gasteiger charge is -2.34. The van der Waals surface area contributed by atoms with Crippen molar-refractivity contribution in [3.05, 3.63) is 29.8 Å². The Labute approximate surface area is 132 Å². The van der Waals surface area contributed by atoms with Gasteiger partial charge in [0.15, 0.2) is 0 Å². The molecule has 0 radical (unpaired) electrons. The van der Waals surface area contributed by atoms with Crippen molar-refractivity contribution >= 4 is 21.6 Å². The van der Waals surface area contributed by atoms with E-state index in [9.17, 15) is 13.2 Å². The molecule has 1 unspecified atom stereocenters. The summed E-state index contributed by atoms with van der Waals surface area (Å²) in [6, 6.07) is 7.22. The highest BCUT2D eigenvalue weighted by atomic mass is 32.2. The Bertz CT molecular complexity index is 662. The number of fused-ring (bicyclic) bond motifs is 1. The molecule has 0 spiro atoms. The third kappa shape index (κ3) is 4.00. The summed E-state index contributed by atoms with van der Waals surface area (Å²) in [5.74, 6) is 0.000101. The molecule has 5 nitrogen and oxygen atoms in total. The van der Waals surface area contributed by atoms with Crippen LogP contribution in [0.2, 0.25) is 0 Å². The zero-order chi connectivity index (χ0) is 16.5. The second-order valence-electron chi connectivity index (χ2n) is 7.04. The van der Waals surface area contributed by atoms with E-state index in [1.807, 2.05) is 39.0 Å². The Morgan fingerprint density at radius 3 is 2.55 bits per heavy atom. The van der Waals surface area contributed by atoms with Crippen molar-refractivity contribution < 1.29 is 13.2 Å². The summed E-state index contributed by atoms with van der Waals surface area (Å²) >= 11 is 0. The first-order chi connectivity index (χ1) is 10.1. The summed E-state index contributed by atoms with van der Waals surface area (Å²) < 4.78 is 25.2. The summed E-state index contributed by atoms with van der Waals surface area (Å²) in [5, 5.41) is 3.04. The monoisotopic (exact) mass is 324 g/mol. The third-order valence-corrected chi connectivity index (χ3v) is 4.81. The van der Waals surface area contributed by atoms with Gasteiger partial charge in [-0.15, -0.1) is 0 Å². The molecule has 1 N–H and O–H groups in total. The summed E-state index contributed by atoms with van der Waals surface area (Å²) in [7, 11) is -3.30. The van der Waals surface area contributed by atoms with Gasteiger partial charge in [0.2, 0.25) is 15.9 Å². The summed E-state index contributed by atoms with van der Waals surface area (Å²) in [6.07, 6.45) is 2.24. The van der Waals surface area contributed by atoms with Crippen LogP contribution < -0.4 is 9.62 Å². The molecule has 0 bridgehead atoms. The van der Waals surface area contributed by atoms with Crippen LogP contribution >= 0.6 is 0 Å². The Morgan fingerprint density at radius 2 is 1.95 bits per heavy atom. The van der Waals surface area contributed by atoms with Gasteiger partial charge in [-0.2, -0.15) is 0 Å². The highest BCUT2D eigenvalue weighted by Crippen LogP contribution is 2.35. The summed E-state index contributed by atoms with van der Waals surface area (Å²) in [5.41, 5.74) is 1.45. The Morgan fingerprint density at radius 1 is 1.32 bits per heavy atom. The van der Waals surface area contributed by atoms with Gasteiger partial charge >= 0.3 is 0 Å². The van der Waals surface area contributed by atoms with Crippen LogP contribution in [0, 0.1) is 5.41 Å². The molecule has 1 aliphatic rings. The van der Waals surface area contributed by atoms with Gasteiger partial charge in [-0.25, -0.2) is 8.42 Å². The standard InChI is InChI=1S/C16H24N2O3S/c1-16(2,3)11-15(19)17-13-9-10-18(22(4,20)21)14-8-6-5-7-12(13)14/h5-8,13H,9-11H2,1-4H3,(H,17,19). The zero-order valence-electron chi connectivity index (χ0n) is 13.6. The number of carbonyl (C=O) groups excluding carboxylic acids is 1. The van der Waals surface area contributed by atoms with Gasteiger partial charge in [0.05, 0.1) is 18.0 Å². The van der Waals surface area contributed by atoms with Crippen LogP contribution in [0.1, 0.15) is 45.2 Å². The zero-order valence-corrected chi connectivity index (χ0v) is 14.4. The number of nitrogens with one attached hydrogen (secondary N) is 1. The van der Waals surface area contributed by atoms with Gasteiger partial charge in [-0.05, 0) is 23.5 Å². The van der Waals surface area contributed by atoms with Crippen LogP contribution in [-0.4, -0.2) is 27.1 Å². The first kappa shape index (κ1) is 16.8. The van der Waals surface area contributed by atoms with E-state index in [2.05, 4.69) is 5.32 Å². The maximum atomic E-state index is 12.2. The average Bonchev–Trinajstić information content (AvgIpc) is 2.35. The molecule has 1 amide bonds. The van der Waals surface area contributed by atoms with Gasteiger partial charge in [0.1, 0.15) is 0 Å². The number of rotatable bonds is 3. The predicted molar refractivity (Wildman–Crippen MR) is 88.2 cm³/mol. The number of para-hydroxylation sites is 1. The highest BCUT2D eigenvalue weighted by Gasteiger charge is 2.30. The molecule has 2 rings (SSSR count). The molecule has 6 heteroatoms. The molecule has 0 aromatic heterocycles. The van der Waals surface area contributed by atoms with E-state index in [4.69, 9.17) is 0 Å². The van der Waals surface area contributed by atoms with Crippen molar-refractivity contribution in [1.82, 2.24) is 5.32 Å². The molecular weight excluding hydrogens is 300 g/mol. The predicted octanol–water partition coefficient (Wildman–Crippen LogP) is 2.45. The van der Waals surface area contributed by atoms with Crippen LogP contribution in [0.25, 0.3) is 0 Å². The number of hydrogen-bond donors (Lipinski definition) is 1. The first-order valence-corrected chi connectivity index (χ1v) is 9.29. The van der Waals surface area contributed by atoms with Crippen molar-refractivity contribution in [2.24, 2.45) is 5.41 Å². The van der Waals surface area contributed by atoms with Crippen molar-refractivity contribution in [3.8, 4) is 0 Å². The number of benzene rings is 1. The number of anilines is 1. The number of hydrogen-bond acceptors (Lipinski definition) is 3. The summed E-state index contributed by atoms with van der Waals surface area (Å²) in [6.45, 7) is 6.45. The highest BCUT2D eigenvalue weighted by molar-refractivity contribution is 7.92. The Kier molecular flexibility index (Phi) is 4.52. The molecule has 22 heavy (non-hydrogen) atoms. The van der Waals surface area contributed by atoms with Gasteiger partial charge in [-0.3, -0.25) is 9.10 Å². The van der Waals surface area contributed by atoms with E-state index >= 15 is 0 Å². The minimum atomic E-state index is -3.30. The largest absolute Gasteiger partial charge is 0.349 e. The van der Waals surface area contributed by atoms with Crippen molar-refractivity contribution in [1.29, 1.82) is 0 Å². The van der Waals surface area contributed by atoms with Gasteiger partial charge in [-0.1, -0.05) is 39.0 Å². The number of sulfonamides is 1. The van der Waals surface area contributed by atoms with Gasteiger partial charge < -0.3 is 5.32 Å². The molecule has 0 saturated heterocycles. The molecule has 0 aliphatic carbocycles. The van der Waals surface area contributed by atoms with E-state index in [1.54, 1.807) is 6.07 Å². The maximum absolute atomic E-state index is 12.2. The lowest BCUT2D eigenvalue weighted by atomic mass is 9.91. The normalized spacial score (nSPS) is 18.7. The van der Waals surface area contributed by atoms with Crippen LogP contribution in [0.5, 0.6) is 0 Å². The topological polar surface area (TPSA) is 66.5 Å². The minimum absolute atomic E-state index is 0.000101. The van der Waals surface area contributed by atoms with Crippen LogP contribution in [0.3, 0.4) is 0 Å². The molecule has 1 aromatic rings. The first-order valence-electron chi connectivity index (χ1n) is 7.44. The molecule has 1 aromatic carbocycles.